The highest BCUT2D eigenvalue weighted by atomic mass is 32.1. The normalized spacial score (nSPS) is 11.7. The van der Waals surface area contributed by atoms with Crippen LogP contribution in [0.5, 0.6) is 5.75 Å². The van der Waals surface area contributed by atoms with Crippen molar-refractivity contribution in [1.82, 2.24) is 5.32 Å². The molecule has 2 rings (SSSR count). The van der Waals surface area contributed by atoms with Gasteiger partial charge in [-0.1, -0.05) is 18.2 Å². The van der Waals surface area contributed by atoms with Gasteiger partial charge in [-0.25, -0.2) is 0 Å². The molecule has 0 aliphatic heterocycles. The Hall–Kier alpha value is -2.34. The van der Waals surface area contributed by atoms with E-state index in [1.807, 2.05) is 35.0 Å². The summed E-state index contributed by atoms with van der Waals surface area (Å²) in [5.41, 5.74) is 1.75. The largest absolute Gasteiger partial charge is 0.496 e. The molecule has 23 heavy (non-hydrogen) atoms. The highest BCUT2D eigenvalue weighted by Gasteiger charge is 2.20. The van der Waals surface area contributed by atoms with E-state index in [4.69, 9.17) is 4.74 Å². The lowest BCUT2D eigenvalue weighted by Crippen LogP contribution is -2.34. The molecule has 0 fully saturated rings. The zero-order valence-electron chi connectivity index (χ0n) is 12.8. The third-order valence-electron chi connectivity index (χ3n) is 3.50. The number of methoxy groups -OCH3 is 1. The van der Waals surface area contributed by atoms with Crippen LogP contribution < -0.4 is 10.1 Å². The monoisotopic (exact) mass is 333 g/mol. The number of benzene rings is 1. The summed E-state index contributed by atoms with van der Waals surface area (Å²) in [6.07, 6.45) is 0.572. The van der Waals surface area contributed by atoms with Gasteiger partial charge in [0.1, 0.15) is 5.75 Å². The number of amides is 1. The van der Waals surface area contributed by atoms with Crippen LogP contribution in [0.25, 0.3) is 0 Å². The van der Waals surface area contributed by atoms with Crippen molar-refractivity contribution in [3.05, 3.63) is 52.2 Å². The van der Waals surface area contributed by atoms with E-state index in [0.717, 1.165) is 11.1 Å². The zero-order valence-corrected chi connectivity index (χ0v) is 13.6. The third-order valence-corrected chi connectivity index (χ3v) is 4.23. The molecule has 0 aliphatic rings. The van der Waals surface area contributed by atoms with Crippen LogP contribution in [0.2, 0.25) is 0 Å². The lowest BCUT2D eigenvalue weighted by molar-refractivity contribution is -0.141. The molecule has 0 bridgehead atoms. The van der Waals surface area contributed by atoms with E-state index in [1.165, 1.54) is 11.3 Å². The van der Waals surface area contributed by atoms with Crippen molar-refractivity contribution in [2.24, 2.45) is 5.92 Å². The summed E-state index contributed by atoms with van der Waals surface area (Å²) in [4.78, 5) is 23.3. The molecule has 0 spiro atoms. The van der Waals surface area contributed by atoms with Gasteiger partial charge in [-0.15, -0.1) is 0 Å². The lowest BCUT2D eigenvalue weighted by Gasteiger charge is -2.15. The van der Waals surface area contributed by atoms with Gasteiger partial charge in [0, 0.05) is 6.54 Å². The molecule has 5 nitrogen and oxygen atoms in total. The average molecular weight is 333 g/mol. The van der Waals surface area contributed by atoms with E-state index in [2.05, 4.69) is 5.32 Å². The van der Waals surface area contributed by atoms with Crippen molar-refractivity contribution < 1.29 is 19.4 Å². The van der Waals surface area contributed by atoms with E-state index >= 15 is 0 Å². The second-order valence-electron chi connectivity index (χ2n) is 5.16. The Morgan fingerprint density at radius 2 is 2.09 bits per heavy atom. The summed E-state index contributed by atoms with van der Waals surface area (Å²) < 4.78 is 5.24. The van der Waals surface area contributed by atoms with Crippen LogP contribution in [0.15, 0.2) is 41.1 Å². The molecular formula is C17H19NO4S. The fourth-order valence-corrected chi connectivity index (χ4v) is 2.93. The fraction of sp³-hybridized carbons (Fsp3) is 0.294. The summed E-state index contributed by atoms with van der Waals surface area (Å²) in [6.45, 7) is 0.0936. The minimum Gasteiger partial charge on any atom is -0.496 e. The molecule has 1 aromatic heterocycles. The van der Waals surface area contributed by atoms with Crippen LogP contribution in [-0.2, 0) is 22.4 Å². The van der Waals surface area contributed by atoms with Gasteiger partial charge < -0.3 is 15.2 Å². The first-order valence-electron chi connectivity index (χ1n) is 7.22. The molecule has 1 unspecified atom stereocenters. The second-order valence-corrected chi connectivity index (χ2v) is 5.94. The molecule has 2 N–H and O–H groups in total. The predicted molar refractivity (Wildman–Crippen MR) is 88.9 cm³/mol. The van der Waals surface area contributed by atoms with Crippen molar-refractivity contribution in [2.75, 3.05) is 13.7 Å². The lowest BCUT2D eigenvalue weighted by atomic mass is 9.98. The maximum Gasteiger partial charge on any atom is 0.308 e. The van der Waals surface area contributed by atoms with Gasteiger partial charge in [0.15, 0.2) is 0 Å². The van der Waals surface area contributed by atoms with Crippen molar-refractivity contribution in [3.8, 4) is 5.75 Å². The van der Waals surface area contributed by atoms with Crippen LogP contribution in [0, 0.1) is 5.92 Å². The maximum atomic E-state index is 11.9. The standard InChI is InChI=1S/C17H19NO4S/c1-22-15-5-3-2-4-13(15)9-14(17(20)21)10-18-16(19)8-12-6-7-23-11-12/h2-7,11,14H,8-10H2,1H3,(H,18,19)(H,20,21). The van der Waals surface area contributed by atoms with Crippen LogP contribution in [0.1, 0.15) is 11.1 Å². The maximum absolute atomic E-state index is 11.9. The average Bonchev–Trinajstić information content (AvgIpc) is 3.04. The van der Waals surface area contributed by atoms with Gasteiger partial charge >= 0.3 is 5.97 Å². The number of para-hydroxylation sites is 1. The number of nitrogens with one attached hydrogen (secondary N) is 1. The number of carbonyl (C=O) groups excluding carboxylic acids is 1. The van der Waals surface area contributed by atoms with Gasteiger partial charge in [-0.3, -0.25) is 9.59 Å². The number of carbonyl (C=O) groups is 2. The Kier molecular flexibility index (Phi) is 6.17. The second kappa shape index (κ2) is 8.33. The Morgan fingerprint density at radius 3 is 2.74 bits per heavy atom. The van der Waals surface area contributed by atoms with E-state index < -0.39 is 11.9 Å². The smallest absolute Gasteiger partial charge is 0.308 e. The first-order chi connectivity index (χ1) is 11.1. The SMILES string of the molecule is COc1ccccc1CC(CNC(=O)Cc1ccsc1)C(=O)O. The summed E-state index contributed by atoms with van der Waals surface area (Å²) in [5.74, 6) is -1.15. The number of carboxylic acids is 1. The Balaban J connectivity index is 1.93. The molecule has 1 aromatic carbocycles. The topological polar surface area (TPSA) is 75.6 Å². The molecule has 122 valence electrons. The summed E-state index contributed by atoms with van der Waals surface area (Å²) in [7, 11) is 1.55. The fourth-order valence-electron chi connectivity index (χ4n) is 2.26. The van der Waals surface area contributed by atoms with Crippen LogP contribution in [0.3, 0.4) is 0 Å². The van der Waals surface area contributed by atoms with Gasteiger partial charge in [-0.2, -0.15) is 11.3 Å². The predicted octanol–water partition coefficient (Wildman–Crippen LogP) is 2.36. The van der Waals surface area contributed by atoms with Crippen molar-refractivity contribution in [1.29, 1.82) is 0 Å². The van der Waals surface area contributed by atoms with E-state index in [-0.39, 0.29) is 18.9 Å². The molecule has 0 saturated carbocycles. The molecule has 2 aromatic rings. The molecule has 0 aliphatic carbocycles. The first kappa shape index (κ1) is 17.0. The quantitative estimate of drug-likeness (QED) is 0.777. The number of aliphatic carboxylic acids is 1. The summed E-state index contributed by atoms with van der Waals surface area (Å²) in [5, 5.41) is 15.9. The van der Waals surface area contributed by atoms with Crippen molar-refractivity contribution >= 4 is 23.2 Å². The third kappa shape index (κ3) is 5.10. The van der Waals surface area contributed by atoms with Gasteiger partial charge in [0.2, 0.25) is 5.91 Å². The van der Waals surface area contributed by atoms with E-state index in [1.54, 1.807) is 13.2 Å². The molecular weight excluding hydrogens is 314 g/mol. The van der Waals surface area contributed by atoms with Gasteiger partial charge in [0.05, 0.1) is 19.4 Å². The minimum absolute atomic E-state index is 0.0936. The van der Waals surface area contributed by atoms with Crippen LogP contribution in [0.4, 0.5) is 0 Å². The Morgan fingerprint density at radius 1 is 1.30 bits per heavy atom. The summed E-state index contributed by atoms with van der Waals surface area (Å²) >= 11 is 1.53. The highest BCUT2D eigenvalue weighted by Crippen LogP contribution is 2.21. The zero-order chi connectivity index (χ0) is 16.7. The van der Waals surface area contributed by atoms with Crippen LogP contribution >= 0.6 is 11.3 Å². The number of ether oxygens (including phenoxy) is 1. The Labute approximate surface area is 138 Å². The first-order valence-corrected chi connectivity index (χ1v) is 8.17. The molecule has 0 saturated heterocycles. The number of thiophene rings is 1. The highest BCUT2D eigenvalue weighted by molar-refractivity contribution is 7.07. The van der Waals surface area contributed by atoms with Gasteiger partial charge in [-0.05, 0) is 40.4 Å². The van der Waals surface area contributed by atoms with Crippen LogP contribution in [-0.4, -0.2) is 30.6 Å². The van der Waals surface area contributed by atoms with Gasteiger partial charge in [0.25, 0.3) is 0 Å². The molecule has 1 heterocycles. The van der Waals surface area contributed by atoms with Crippen molar-refractivity contribution in [3.63, 3.8) is 0 Å². The molecule has 1 amide bonds. The molecule has 0 radical (unpaired) electrons. The summed E-state index contributed by atoms with van der Waals surface area (Å²) in [6, 6.07) is 9.19. The number of rotatable bonds is 8. The Bertz CT molecular complexity index is 654. The number of hydrogen-bond donors (Lipinski definition) is 2. The number of hydrogen-bond acceptors (Lipinski definition) is 4. The van der Waals surface area contributed by atoms with Crippen molar-refractivity contribution in [2.45, 2.75) is 12.8 Å². The minimum atomic E-state index is -0.938. The van der Waals surface area contributed by atoms with E-state index in [0.29, 0.717) is 12.2 Å². The number of carboxylic acid groups (broad SMARTS) is 1. The molecule has 6 heteroatoms. The van der Waals surface area contributed by atoms with E-state index in [9.17, 15) is 14.7 Å². The molecule has 1 atom stereocenters.